The molecule has 0 unspecified atom stereocenters. The molecule has 1 N–H and O–H groups in total. The molecule has 1 aromatic heterocycles. The maximum Gasteiger partial charge on any atom is 0.416 e. The van der Waals surface area contributed by atoms with Crippen molar-refractivity contribution in [2.75, 3.05) is 6.54 Å². The van der Waals surface area contributed by atoms with Crippen molar-refractivity contribution in [3.05, 3.63) is 53.0 Å². The zero-order valence-corrected chi connectivity index (χ0v) is 13.6. The highest BCUT2D eigenvalue weighted by Crippen LogP contribution is 2.38. The molecule has 0 atom stereocenters. The molecule has 0 bridgehead atoms. The Hall–Kier alpha value is -2.55. The topological polar surface area (TPSA) is 56.2 Å². The van der Waals surface area contributed by atoms with Gasteiger partial charge in [0.1, 0.15) is 0 Å². The van der Waals surface area contributed by atoms with Crippen LogP contribution in [0.25, 0.3) is 0 Å². The van der Waals surface area contributed by atoms with E-state index in [1.165, 1.54) is 19.1 Å². The first-order valence-corrected chi connectivity index (χ1v) is 7.21. The number of benzene rings is 1. The number of halogens is 5. The minimum Gasteiger partial charge on any atom is -0.433 e. The molecule has 25 heavy (non-hydrogen) atoms. The van der Waals surface area contributed by atoms with Crippen molar-refractivity contribution in [3.8, 4) is 11.6 Å². The van der Waals surface area contributed by atoms with Gasteiger partial charge < -0.3 is 10.1 Å². The summed E-state index contributed by atoms with van der Waals surface area (Å²) in [7, 11) is 0. The molecule has 1 amide bonds. The molecular weight excluding hydrogens is 366 g/mol. The average molecular weight is 378 g/mol. The summed E-state index contributed by atoms with van der Waals surface area (Å²) < 4.78 is 57.9. The van der Waals surface area contributed by atoms with Crippen molar-refractivity contribution in [1.82, 2.24) is 15.1 Å². The summed E-state index contributed by atoms with van der Waals surface area (Å²) in [6, 6.07) is 1.54. The minimum atomic E-state index is -4.75. The van der Waals surface area contributed by atoms with Gasteiger partial charge in [0.25, 0.3) is 0 Å². The van der Waals surface area contributed by atoms with Crippen LogP contribution in [0.2, 0.25) is 5.02 Å². The molecule has 0 radical (unpaired) electrons. The van der Waals surface area contributed by atoms with Gasteiger partial charge in [-0.2, -0.15) is 17.9 Å². The third-order valence-corrected chi connectivity index (χ3v) is 3.27. The number of hydrogen-bond donors (Lipinski definition) is 1. The monoisotopic (exact) mass is 377 g/mol. The average Bonchev–Trinajstić information content (AvgIpc) is 2.88. The van der Waals surface area contributed by atoms with E-state index in [4.69, 9.17) is 16.3 Å². The van der Waals surface area contributed by atoms with E-state index in [-0.39, 0.29) is 18.5 Å². The molecule has 2 rings (SSSR count). The lowest BCUT2D eigenvalue weighted by molar-refractivity contribution is -0.137. The fourth-order valence-electron chi connectivity index (χ4n) is 1.86. The number of carbonyl (C=O) groups is 1. The van der Waals surface area contributed by atoms with Crippen LogP contribution >= 0.6 is 11.6 Å². The van der Waals surface area contributed by atoms with E-state index < -0.39 is 34.4 Å². The Bertz CT molecular complexity index is 795. The number of nitrogens with zero attached hydrogens (tertiary/aromatic N) is 2. The van der Waals surface area contributed by atoms with Crippen molar-refractivity contribution in [2.45, 2.75) is 13.1 Å². The third-order valence-electron chi connectivity index (χ3n) is 2.99. The number of rotatable bonds is 4. The van der Waals surface area contributed by atoms with Crippen LogP contribution in [0.3, 0.4) is 0 Å². The quantitative estimate of drug-likeness (QED) is 0.628. The Morgan fingerprint density at radius 1 is 1.44 bits per heavy atom. The van der Waals surface area contributed by atoms with E-state index in [0.29, 0.717) is 11.8 Å². The van der Waals surface area contributed by atoms with Gasteiger partial charge in [-0.25, -0.2) is 9.18 Å². The maximum atomic E-state index is 13.9. The lowest BCUT2D eigenvalue weighted by Crippen LogP contribution is -2.30. The van der Waals surface area contributed by atoms with Crippen LogP contribution in [0.1, 0.15) is 11.3 Å². The van der Waals surface area contributed by atoms with Gasteiger partial charge in [0.2, 0.25) is 5.88 Å². The summed E-state index contributed by atoms with van der Waals surface area (Å²) in [5.41, 5.74) is -0.882. The van der Waals surface area contributed by atoms with Gasteiger partial charge in [0.15, 0.2) is 11.6 Å². The Kier molecular flexibility index (Phi) is 5.36. The summed E-state index contributed by atoms with van der Waals surface area (Å²) in [6.07, 6.45) is -3.28. The smallest absolute Gasteiger partial charge is 0.416 e. The van der Waals surface area contributed by atoms with Gasteiger partial charge in [-0.15, -0.1) is 11.7 Å². The Morgan fingerprint density at radius 3 is 2.68 bits per heavy atom. The predicted octanol–water partition coefficient (Wildman–Crippen LogP) is 4.54. The van der Waals surface area contributed by atoms with E-state index in [9.17, 15) is 22.4 Å². The van der Waals surface area contributed by atoms with Gasteiger partial charge in [0, 0.05) is 12.6 Å². The lowest BCUT2D eigenvalue weighted by atomic mass is 10.2. The molecule has 0 saturated heterocycles. The van der Waals surface area contributed by atoms with Crippen LogP contribution in [-0.4, -0.2) is 22.4 Å². The number of carbonyl (C=O) groups excluding carboxylic acids is 1. The van der Waals surface area contributed by atoms with Crippen LogP contribution in [0, 0.1) is 12.7 Å². The van der Waals surface area contributed by atoms with E-state index in [2.05, 4.69) is 17.0 Å². The second-order valence-electron chi connectivity index (χ2n) is 4.88. The molecule has 0 saturated carbocycles. The highest BCUT2D eigenvalue weighted by Gasteiger charge is 2.32. The summed E-state index contributed by atoms with van der Waals surface area (Å²) in [6.45, 7) is 5.19. The van der Waals surface area contributed by atoms with Crippen LogP contribution in [-0.2, 0) is 6.18 Å². The third kappa shape index (κ3) is 4.30. The number of alkyl halides is 3. The Balaban J connectivity index is 2.29. The molecule has 0 fully saturated rings. The number of hydrogen-bond acceptors (Lipinski definition) is 3. The lowest BCUT2D eigenvalue weighted by Gasteiger charge is -2.11. The maximum absolute atomic E-state index is 13.9. The Labute approximate surface area is 144 Å². The Morgan fingerprint density at radius 2 is 2.12 bits per heavy atom. The van der Waals surface area contributed by atoms with Gasteiger partial charge in [-0.1, -0.05) is 17.7 Å². The number of aryl methyl sites for hydroxylation is 1. The van der Waals surface area contributed by atoms with Gasteiger partial charge in [-0.3, -0.25) is 0 Å². The molecule has 0 aliphatic rings. The standard InChI is InChI=1S/C15H12ClF4N3O2/c1-3-4-21-14(24)23-8(2)5-12(22-23)25-13-10(16)6-9(7-11(13)17)15(18,19)20/h3,5-7H,1,4H2,2H3,(H,21,24). The van der Waals surface area contributed by atoms with Crippen LogP contribution in [0.15, 0.2) is 30.9 Å². The molecule has 1 aromatic carbocycles. The number of nitrogens with one attached hydrogen (secondary N) is 1. The molecule has 10 heteroatoms. The molecule has 1 heterocycles. The molecule has 0 spiro atoms. The first-order chi connectivity index (χ1) is 11.6. The van der Waals surface area contributed by atoms with Crippen LogP contribution in [0.5, 0.6) is 11.6 Å². The molecule has 2 aromatic rings. The van der Waals surface area contributed by atoms with Crippen molar-refractivity contribution in [3.63, 3.8) is 0 Å². The minimum absolute atomic E-state index is 0.202. The summed E-state index contributed by atoms with van der Waals surface area (Å²) >= 11 is 5.68. The second kappa shape index (κ2) is 7.14. The zero-order valence-electron chi connectivity index (χ0n) is 12.8. The molecule has 5 nitrogen and oxygen atoms in total. The predicted molar refractivity (Wildman–Crippen MR) is 82.4 cm³/mol. The van der Waals surface area contributed by atoms with Gasteiger partial charge in [-0.05, 0) is 19.1 Å². The molecular formula is C15H12ClF4N3O2. The van der Waals surface area contributed by atoms with E-state index in [1.54, 1.807) is 0 Å². The fraction of sp³-hybridized carbons (Fsp3) is 0.200. The number of aromatic nitrogens is 2. The summed E-state index contributed by atoms with van der Waals surface area (Å²) in [5.74, 6) is -2.12. The summed E-state index contributed by atoms with van der Waals surface area (Å²) in [4.78, 5) is 11.8. The highest BCUT2D eigenvalue weighted by atomic mass is 35.5. The second-order valence-corrected chi connectivity index (χ2v) is 5.29. The van der Waals surface area contributed by atoms with Crippen molar-refractivity contribution in [2.24, 2.45) is 0 Å². The first kappa shape index (κ1) is 18.8. The largest absolute Gasteiger partial charge is 0.433 e. The number of ether oxygens (including phenoxy) is 1. The molecule has 134 valence electrons. The van der Waals surface area contributed by atoms with E-state index >= 15 is 0 Å². The van der Waals surface area contributed by atoms with E-state index in [0.717, 1.165) is 4.68 Å². The number of amides is 1. The normalized spacial score (nSPS) is 11.3. The first-order valence-electron chi connectivity index (χ1n) is 6.83. The zero-order chi connectivity index (χ0) is 18.8. The SMILES string of the molecule is C=CCNC(=O)n1nc(Oc2c(F)cc(C(F)(F)F)cc2Cl)cc1C. The van der Waals surface area contributed by atoms with Gasteiger partial charge in [0.05, 0.1) is 16.3 Å². The van der Waals surface area contributed by atoms with E-state index in [1.807, 2.05) is 0 Å². The molecule has 0 aliphatic carbocycles. The van der Waals surface area contributed by atoms with Crippen molar-refractivity contribution >= 4 is 17.6 Å². The van der Waals surface area contributed by atoms with Crippen LogP contribution in [0.4, 0.5) is 22.4 Å². The van der Waals surface area contributed by atoms with Crippen molar-refractivity contribution in [1.29, 1.82) is 0 Å². The van der Waals surface area contributed by atoms with Crippen molar-refractivity contribution < 1.29 is 27.1 Å². The van der Waals surface area contributed by atoms with Crippen LogP contribution < -0.4 is 10.1 Å². The highest BCUT2D eigenvalue weighted by molar-refractivity contribution is 6.32. The van der Waals surface area contributed by atoms with Gasteiger partial charge >= 0.3 is 12.2 Å². The molecule has 0 aliphatic heterocycles. The fourth-order valence-corrected chi connectivity index (χ4v) is 2.11. The summed E-state index contributed by atoms with van der Waals surface area (Å²) in [5, 5.41) is 5.71.